The van der Waals surface area contributed by atoms with Gasteiger partial charge in [-0.25, -0.2) is 13.4 Å². The molecule has 2 heterocycles. The molecule has 1 fully saturated rings. The van der Waals surface area contributed by atoms with Crippen LogP contribution in [0.2, 0.25) is 0 Å². The molecule has 1 aliphatic rings. The van der Waals surface area contributed by atoms with E-state index in [-0.39, 0.29) is 11.8 Å². The highest BCUT2D eigenvalue weighted by molar-refractivity contribution is 9.10. The molecule has 17 heavy (non-hydrogen) atoms. The number of hydrogen-bond acceptors (Lipinski definition) is 4. The standard InChI is InChI=1S/C10H14BrN3O2S/c11-9-4-2-6-13-10(9)14-17(15,16)7-8-3-1-5-12-8/h2,4,6,8,12H,1,3,5,7H2,(H,13,14). The number of aromatic nitrogens is 1. The van der Waals surface area contributed by atoms with Crippen molar-refractivity contribution in [2.45, 2.75) is 18.9 Å². The summed E-state index contributed by atoms with van der Waals surface area (Å²) in [5.41, 5.74) is 0. The number of pyridine rings is 1. The van der Waals surface area contributed by atoms with E-state index in [0.29, 0.717) is 10.3 Å². The summed E-state index contributed by atoms with van der Waals surface area (Å²) >= 11 is 3.26. The zero-order valence-corrected chi connectivity index (χ0v) is 11.6. The van der Waals surface area contributed by atoms with Gasteiger partial charge in [0.1, 0.15) is 0 Å². The molecular weight excluding hydrogens is 306 g/mol. The second-order valence-corrected chi connectivity index (χ2v) is 6.63. The smallest absolute Gasteiger partial charge is 0.235 e. The first-order valence-electron chi connectivity index (χ1n) is 5.41. The van der Waals surface area contributed by atoms with Gasteiger partial charge in [0.25, 0.3) is 0 Å². The van der Waals surface area contributed by atoms with Crippen LogP contribution in [-0.4, -0.2) is 31.7 Å². The van der Waals surface area contributed by atoms with Gasteiger partial charge in [0, 0.05) is 12.2 Å². The topological polar surface area (TPSA) is 71.1 Å². The summed E-state index contributed by atoms with van der Waals surface area (Å²) in [5.74, 6) is 0.432. The Hall–Kier alpha value is -0.660. The number of halogens is 1. The van der Waals surface area contributed by atoms with E-state index in [2.05, 4.69) is 31.0 Å². The summed E-state index contributed by atoms with van der Waals surface area (Å²) in [6.45, 7) is 0.896. The monoisotopic (exact) mass is 319 g/mol. The highest BCUT2D eigenvalue weighted by Gasteiger charge is 2.22. The molecular formula is C10H14BrN3O2S. The van der Waals surface area contributed by atoms with E-state index in [9.17, 15) is 8.42 Å². The van der Waals surface area contributed by atoms with Gasteiger partial charge in [-0.15, -0.1) is 0 Å². The number of nitrogens with one attached hydrogen (secondary N) is 2. The van der Waals surface area contributed by atoms with Crippen molar-refractivity contribution >= 4 is 31.8 Å². The third-order valence-electron chi connectivity index (χ3n) is 2.59. The van der Waals surface area contributed by atoms with Crippen molar-refractivity contribution in [1.82, 2.24) is 10.3 Å². The fourth-order valence-electron chi connectivity index (χ4n) is 1.81. The van der Waals surface area contributed by atoms with Gasteiger partial charge in [0.15, 0.2) is 5.82 Å². The molecule has 2 N–H and O–H groups in total. The van der Waals surface area contributed by atoms with E-state index in [1.165, 1.54) is 0 Å². The molecule has 0 saturated carbocycles. The largest absolute Gasteiger partial charge is 0.313 e. The zero-order chi connectivity index (χ0) is 12.3. The van der Waals surface area contributed by atoms with Crippen LogP contribution in [0.25, 0.3) is 0 Å². The van der Waals surface area contributed by atoms with Crippen LogP contribution in [0.3, 0.4) is 0 Å². The van der Waals surface area contributed by atoms with Gasteiger partial charge in [0.2, 0.25) is 10.0 Å². The van der Waals surface area contributed by atoms with Crippen LogP contribution in [0.5, 0.6) is 0 Å². The van der Waals surface area contributed by atoms with E-state index in [0.717, 1.165) is 19.4 Å². The number of sulfonamides is 1. The summed E-state index contributed by atoms with van der Waals surface area (Å²) in [4.78, 5) is 3.98. The van der Waals surface area contributed by atoms with Crippen molar-refractivity contribution < 1.29 is 8.42 Å². The molecule has 1 saturated heterocycles. The van der Waals surface area contributed by atoms with Gasteiger partial charge in [-0.3, -0.25) is 4.72 Å². The third-order valence-corrected chi connectivity index (χ3v) is 4.58. The molecule has 0 spiro atoms. The predicted octanol–water partition coefficient (Wildman–Crippen LogP) is 1.34. The number of hydrogen-bond donors (Lipinski definition) is 2. The second kappa shape index (κ2) is 5.32. The third kappa shape index (κ3) is 3.65. The molecule has 1 aromatic rings. The molecule has 5 nitrogen and oxygen atoms in total. The molecule has 1 atom stereocenters. The van der Waals surface area contributed by atoms with Crippen molar-refractivity contribution in [2.24, 2.45) is 0 Å². The minimum atomic E-state index is -3.35. The van der Waals surface area contributed by atoms with Crippen molar-refractivity contribution in [1.29, 1.82) is 0 Å². The van der Waals surface area contributed by atoms with Crippen molar-refractivity contribution in [3.05, 3.63) is 22.8 Å². The van der Waals surface area contributed by atoms with Gasteiger partial charge in [-0.2, -0.15) is 0 Å². The van der Waals surface area contributed by atoms with Gasteiger partial charge < -0.3 is 5.32 Å². The molecule has 94 valence electrons. The Morgan fingerprint density at radius 2 is 2.41 bits per heavy atom. The molecule has 0 aromatic carbocycles. The van der Waals surface area contributed by atoms with Crippen LogP contribution in [0, 0.1) is 0 Å². The van der Waals surface area contributed by atoms with E-state index < -0.39 is 10.0 Å². The fraction of sp³-hybridized carbons (Fsp3) is 0.500. The average Bonchev–Trinajstić information content (AvgIpc) is 2.73. The summed E-state index contributed by atoms with van der Waals surface area (Å²) in [6, 6.07) is 3.54. The molecule has 1 unspecified atom stereocenters. The highest BCUT2D eigenvalue weighted by Crippen LogP contribution is 2.20. The zero-order valence-electron chi connectivity index (χ0n) is 9.19. The van der Waals surface area contributed by atoms with Crippen LogP contribution >= 0.6 is 15.9 Å². The maximum absolute atomic E-state index is 11.9. The van der Waals surface area contributed by atoms with Crippen LogP contribution in [0.1, 0.15) is 12.8 Å². The first-order chi connectivity index (χ1) is 8.07. The normalized spacial score (nSPS) is 20.4. The lowest BCUT2D eigenvalue weighted by Crippen LogP contribution is -2.33. The molecule has 1 aromatic heterocycles. The van der Waals surface area contributed by atoms with Crippen molar-refractivity contribution in [2.75, 3.05) is 17.0 Å². The molecule has 1 aliphatic heterocycles. The first-order valence-corrected chi connectivity index (χ1v) is 7.86. The Kier molecular flexibility index (Phi) is 4.01. The van der Waals surface area contributed by atoms with Gasteiger partial charge >= 0.3 is 0 Å². The Balaban J connectivity index is 2.04. The molecule has 0 aliphatic carbocycles. The minimum absolute atomic E-state index is 0.0509. The number of rotatable bonds is 4. The van der Waals surface area contributed by atoms with Crippen LogP contribution in [0.4, 0.5) is 5.82 Å². The Bertz CT molecular complexity index is 486. The lowest BCUT2D eigenvalue weighted by Gasteiger charge is -2.12. The first kappa shape index (κ1) is 12.8. The van der Waals surface area contributed by atoms with Crippen molar-refractivity contribution in [3.8, 4) is 0 Å². The van der Waals surface area contributed by atoms with E-state index >= 15 is 0 Å². The molecule has 7 heteroatoms. The van der Waals surface area contributed by atoms with E-state index in [1.807, 2.05) is 0 Å². The summed E-state index contributed by atoms with van der Waals surface area (Å²) in [5, 5.41) is 3.16. The lowest BCUT2D eigenvalue weighted by atomic mass is 10.3. The SMILES string of the molecule is O=S(=O)(CC1CCCN1)Nc1ncccc1Br. The Morgan fingerprint density at radius 3 is 3.06 bits per heavy atom. The summed E-state index contributed by atoms with van der Waals surface area (Å²) in [7, 11) is -3.35. The molecule has 0 amide bonds. The Morgan fingerprint density at radius 1 is 1.59 bits per heavy atom. The fourth-order valence-corrected chi connectivity index (χ4v) is 3.65. The molecule has 0 bridgehead atoms. The molecule has 2 rings (SSSR count). The van der Waals surface area contributed by atoms with Crippen LogP contribution in [0.15, 0.2) is 22.8 Å². The van der Waals surface area contributed by atoms with E-state index in [4.69, 9.17) is 0 Å². The second-order valence-electron chi connectivity index (χ2n) is 4.01. The minimum Gasteiger partial charge on any atom is -0.313 e. The highest BCUT2D eigenvalue weighted by atomic mass is 79.9. The quantitative estimate of drug-likeness (QED) is 0.878. The van der Waals surface area contributed by atoms with Crippen LogP contribution in [-0.2, 0) is 10.0 Å². The maximum atomic E-state index is 11.9. The van der Waals surface area contributed by atoms with Gasteiger partial charge in [0.05, 0.1) is 10.2 Å². The molecule has 0 radical (unpaired) electrons. The predicted molar refractivity (Wildman–Crippen MR) is 70.4 cm³/mol. The Labute approximate surface area is 109 Å². The van der Waals surface area contributed by atoms with Crippen molar-refractivity contribution in [3.63, 3.8) is 0 Å². The summed E-state index contributed by atoms with van der Waals surface area (Å²) in [6.07, 6.45) is 3.49. The number of nitrogens with zero attached hydrogens (tertiary/aromatic N) is 1. The maximum Gasteiger partial charge on any atom is 0.235 e. The summed E-state index contributed by atoms with van der Waals surface area (Å²) < 4.78 is 26.9. The van der Waals surface area contributed by atoms with Gasteiger partial charge in [-0.05, 0) is 47.4 Å². The van der Waals surface area contributed by atoms with E-state index in [1.54, 1.807) is 18.3 Å². The van der Waals surface area contributed by atoms with Crippen LogP contribution < -0.4 is 10.0 Å². The van der Waals surface area contributed by atoms with Gasteiger partial charge in [-0.1, -0.05) is 0 Å². The number of anilines is 1. The lowest BCUT2D eigenvalue weighted by molar-refractivity contribution is 0.581. The average molecular weight is 320 g/mol.